The van der Waals surface area contributed by atoms with Gasteiger partial charge in [0.1, 0.15) is 5.75 Å². The van der Waals surface area contributed by atoms with Crippen molar-refractivity contribution in [3.05, 3.63) is 29.3 Å². The van der Waals surface area contributed by atoms with E-state index in [4.69, 9.17) is 14.2 Å². The van der Waals surface area contributed by atoms with Crippen LogP contribution < -0.4 is 10.2 Å². The Morgan fingerprint density at radius 1 is 1.38 bits per heavy atom. The molecular weight excluding hydrogens is 310 g/mol. The summed E-state index contributed by atoms with van der Waals surface area (Å²) in [6.45, 7) is 8.02. The van der Waals surface area contributed by atoms with Gasteiger partial charge in [-0.25, -0.2) is 10.2 Å². The van der Waals surface area contributed by atoms with E-state index in [1.165, 1.54) is 0 Å². The highest BCUT2D eigenvalue weighted by Gasteiger charge is 2.14. The maximum atomic E-state index is 11.3. The van der Waals surface area contributed by atoms with Crippen LogP contribution in [-0.4, -0.2) is 56.7 Å². The Morgan fingerprint density at radius 2 is 2.12 bits per heavy atom. The van der Waals surface area contributed by atoms with E-state index in [0.29, 0.717) is 12.3 Å². The zero-order valence-electron chi connectivity index (χ0n) is 14.5. The molecule has 1 aromatic rings. The zero-order chi connectivity index (χ0) is 17.4. The second-order valence-electron chi connectivity index (χ2n) is 5.44. The Kier molecular flexibility index (Phi) is 7.02. The minimum Gasteiger partial charge on any atom is -0.496 e. The van der Waals surface area contributed by atoms with Crippen LogP contribution in [0.5, 0.6) is 5.75 Å². The van der Waals surface area contributed by atoms with Gasteiger partial charge in [-0.3, -0.25) is 4.90 Å². The number of benzene rings is 1. The molecule has 1 aliphatic heterocycles. The highest BCUT2D eigenvalue weighted by Crippen LogP contribution is 2.22. The molecule has 0 spiro atoms. The number of hydrazone groups is 1. The predicted octanol–water partition coefficient (Wildman–Crippen LogP) is 2.00. The molecule has 132 valence electrons. The average Bonchev–Trinajstić information content (AvgIpc) is 2.61. The number of amides is 1. The summed E-state index contributed by atoms with van der Waals surface area (Å²) < 4.78 is 15.6. The molecule has 0 aliphatic carbocycles. The largest absolute Gasteiger partial charge is 0.496 e. The summed E-state index contributed by atoms with van der Waals surface area (Å²) in [5.41, 5.74) is 5.10. The van der Waals surface area contributed by atoms with Crippen molar-refractivity contribution in [2.45, 2.75) is 20.4 Å². The molecule has 1 heterocycles. The van der Waals surface area contributed by atoms with Crippen molar-refractivity contribution in [2.24, 2.45) is 5.10 Å². The monoisotopic (exact) mass is 335 g/mol. The highest BCUT2D eigenvalue weighted by atomic mass is 16.5. The fourth-order valence-corrected chi connectivity index (χ4v) is 2.48. The molecule has 0 aromatic heterocycles. The van der Waals surface area contributed by atoms with E-state index in [1.807, 2.05) is 25.1 Å². The third-order valence-corrected chi connectivity index (χ3v) is 3.79. The fourth-order valence-electron chi connectivity index (χ4n) is 2.48. The van der Waals surface area contributed by atoms with E-state index in [9.17, 15) is 4.79 Å². The Bertz CT molecular complexity index is 583. The van der Waals surface area contributed by atoms with E-state index < -0.39 is 6.09 Å². The average molecular weight is 335 g/mol. The van der Waals surface area contributed by atoms with Gasteiger partial charge in [-0.2, -0.15) is 5.10 Å². The number of nitrogens with one attached hydrogen (secondary N) is 1. The van der Waals surface area contributed by atoms with E-state index >= 15 is 0 Å². The van der Waals surface area contributed by atoms with Crippen molar-refractivity contribution in [1.29, 1.82) is 0 Å². The second-order valence-corrected chi connectivity index (χ2v) is 5.44. The molecular formula is C17H25N3O4. The molecule has 7 nitrogen and oxygen atoms in total. The van der Waals surface area contributed by atoms with Crippen LogP contribution in [0.4, 0.5) is 4.79 Å². The number of hydrogen-bond acceptors (Lipinski definition) is 6. The van der Waals surface area contributed by atoms with Crippen LogP contribution >= 0.6 is 0 Å². The van der Waals surface area contributed by atoms with E-state index in [0.717, 1.165) is 49.7 Å². The van der Waals surface area contributed by atoms with Gasteiger partial charge in [-0.05, 0) is 37.6 Å². The number of morpholine rings is 1. The smallest absolute Gasteiger partial charge is 0.427 e. The van der Waals surface area contributed by atoms with Gasteiger partial charge < -0.3 is 14.2 Å². The molecule has 7 heteroatoms. The lowest BCUT2D eigenvalue weighted by Gasteiger charge is -2.27. The summed E-state index contributed by atoms with van der Waals surface area (Å²) in [6, 6.07) is 5.89. The standard InChI is InChI=1S/C17H25N3O4/c1-4-24-17(21)19-18-13(2)14-5-6-16(22-3)15(11-14)12-20-7-9-23-10-8-20/h5-6,11H,4,7-10,12H2,1-3H3,(H,19,21)/b18-13-. The van der Waals surface area contributed by atoms with Gasteiger partial charge >= 0.3 is 6.09 Å². The summed E-state index contributed by atoms with van der Waals surface area (Å²) in [7, 11) is 1.67. The number of ether oxygens (including phenoxy) is 3. The van der Waals surface area contributed by atoms with Gasteiger partial charge in [0.15, 0.2) is 0 Å². The molecule has 0 unspecified atom stereocenters. The zero-order valence-corrected chi connectivity index (χ0v) is 14.5. The summed E-state index contributed by atoms with van der Waals surface area (Å²) in [5.74, 6) is 0.844. The van der Waals surface area contributed by atoms with Gasteiger partial charge in [-0.1, -0.05) is 0 Å². The van der Waals surface area contributed by atoms with E-state index in [1.54, 1.807) is 14.0 Å². The first kappa shape index (κ1) is 18.2. The van der Waals surface area contributed by atoms with Crippen LogP contribution in [-0.2, 0) is 16.0 Å². The first-order valence-corrected chi connectivity index (χ1v) is 8.08. The van der Waals surface area contributed by atoms with Crippen LogP contribution in [0.3, 0.4) is 0 Å². The van der Waals surface area contributed by atoms with Crippen molar-refractivity contribution in [3.8, 4) is 5.75 Å². The van der Waals surface area contributed by atoms with Crippen molar-refractivity contribution < 1.29 is 19.0 Å². The first-order valence-electron chi connectivity index (χ1n) is 8.08. The molecule has 0 bridgehead atoms. The lowest BCUT2D eigenvalue weighted by Crippen LogP contribution is -2.35. The molecule has 2 rings (SSSR count). The Labute approximate surface area is 142 Å². The minimum atomic E-state index is -0.557. The molecule has 0 atom stereocenters. The molecule has 24 heavy (non-hydrogen) atoms. The quantitative estimate of drug-likeness (QED) is 0.636. The van der Waals surface area contributed by atoms with Gasteiger partial charge in [0.05, 0.1) is 32.6 Å². The highest BCUT2D eigenvalue weighted by molar-refractivity contribution is 5.99. The van der Waals surface area contributed by atoms with Crippen molar-refractivity contribution >= 4 is 11.8 Å². The second kappa shape index (κ2) is 9.24. The lowest BCUT2D eigenvalue weighted by atomic mass is 10.1. The lowest BCUT2D eigenvalue weighted by molar-refractivity contribution is 0.0339. The van der Waals surface area contributed by atoms with Gasteiger partial charge in [0.25, 0.3) is 0 Å². The Hall–Kier alpha value is -2.12. The Balaban J connectivity index is 2.11. The number of carbonyl (C=O) groups excluding carboxylic acids is 1. The summed E-state index contributed by atoms with van der Waals surface area (Å²) >= 11 is 0. The SMILES string of the molecule is CCOC(=O)N/N=C(/C)c1ccc(OC)c(CN2CCOCC2)c1. The van der Waals surface area contributed by atoms with E-state index in [-0.39, 0.29) is 0 Å². The van der Waals surface area contributed by atoms with Crippen molar-refractivity contribution in [1.82, 2.24) is 10.3 Å². The van der Waals surface area contributed by atoms with Gasteiger partial charge in [-0.15, -0.1) is 0 Å². The maximum Gasteiger partial charge on any atom is 0.427 e. The molecule has 0 radical (unpaired) electrons. The van der Waals surface area contributed by atoms with Crippen LogP contribution in [0.15, 0.2) is 23.3 Å². The minimum absolute atomic E-state index is 0.312. The van der Waals surface area contributed by atoms with Crippen molar-refractivity contribution in [3.63, 3.8) is 0 Å². The molecule has 1 aliphatic rings. The normalized spacial score (nSPS) is 15.9. The number of methoxy groups -OCH3 is 1. The molecule has 1 aromatic carbocycles. The molecule has 1 amide bonds. The summed E-state index contributed by atoms with van der Waals surface area (Å²) in [5, 5.41) is 4.07. The van der Waals surface area contributed by atoms with Crippen LogP contribution in [0.2, 0.25) is 0 Å². The number of carbonyl (C=O) groups is 1. The van der Waals surface area contributed by atoms with Gasteiger partial charge in [0, 0.05) is 25.2 Å². The van der Waals surface area contributed by atoms with Crippen LogP contribution in [0.25, 0.3) is 0 Å². The van der Waals surface area contributed by atoms with Crippen molar-refractivity contribution in [2.75, 3.05) is 40.0 Å². The first-order chi connectivity index (χ1) is 11.6. The predicted molar refractivity (Wildman–Crippen MR) is 91.5 cm³/mol. The van der Waals surface area contributed by atoms with E-state index in [2.05, 4.69) is 15.4 Å². The van der Waals surface area contributed by atoms with Crippen LogP contribution in [0.1, 0.15) is 25.0 Å². The summed E-state index contributed by atoms with van der Waals surface area (Å²) in [4.78, 5) is 13.7. The van der Waals surface area contributed by atoms with Crippen LogP contribution in [0, 0.1) is 0 Å². The maximum absolute atomic E-state index is 11.3. The summed E-state index contributed by atoms with van der Waals surface area (Å²) in [6.07, 6.45) is -0.557. The topological polar surface area (TPSA) is 72.4 Å². The van der Waals surface area contributed by atoms with Gasteiger partial charge in [0.2, 0.25) is 0 Å². The number of hydrogen-bond donors (Lipinski definition) is 1. The third-order valence-electron chi connectivity index (χ3n) is 3.79. The Morgan fingerprint density at radius 3 is 2.79 bits per heavy atom. The molecule has 1 N–H and O–H groups in total. The number of nitrogens with zero attached hydrogens (tertiary/aromatic N) is 2. The molecule has 1 saturated heterocycles. The molecule has 0 saturated carbocycles. The molecule has 1 fully saturated rings. The number of rotatable bonds is 6. The third kappa shape index (κ3) is 5.21. The fraction of sp³-hybridized carbons (Fsp3) is 0.529.